The van der Waals surface area contributed by atoms with Gasteiger partial charge in [-0.05, 0) is 115 Å². The molecule has 242 valence electrons. The van der Waals surface area contributed by atoms with Crippen LogP contribution < -0.4 is 0 Å². The Morgan fingerprint density at radius 3 is 1.26 bits per heavy atom. The molecule has 2 atom stereocenters. The van der Waals surface area contributed by atoms with Crippen molar-refractivity contribution < 1.29 is 0 Å². The van der Waals surface area contributed by atoms with E-state index in [0.29, 0.717) is 11.8 Å². The minimum absolute atomic E-state index is 0.105. The monoisotopic (exact) mass is 610 g/mol. The predicted molar refractivity (Wildman–Crippen MR) is 201 cm³/mol. The van der Waals surface area contributed by atoms with Gasteiger partial charge >= 0.3 is 0 Å². The summed E-state index contributed by atoms with van der Waals surface area (Å²) in [6, 6.07) is 28.7. The first-order valence-corrected chi connectivity index (χ1v) is 18.5. The maximum Gasteiger partial charge on any atom is -0.00105 e. The molecule has 0 heteroatoms. The topological polar surface area (TPSA) is 0 Å². The SMILES string of the molecule is CCCCCC(c1ccc(C(C)(C)C)c2c1Cc1ccccc1-2)C(CCCCC)c1ccc(C(C)(C)C)c2c1Cc1ccccc1-2. The Labute approximate surface area is 281 Å². The van der Waals surface area contributed by atoms with E-state index < -0.39 is 0 Å². The van der Waals surface area contributed by atoms with E-state index >= 15 is 0 Å². The molecular weight excluding hydrogens is 553 g/mol. The zero-order valence-electron chi connectivity index (χ0n) is 30.2. The molecule has 0 radical (unpaired) electrons. The number of hydrogen-bond donors (Lipinski definition) is 0. The Morgan fingerprint density at radius 2 is 0.891 bits per heavy atom. The number of fused-ring (bicyclic) bond motifs is 6. The van der Waals surface area contributed by atoms with Gasteiger partial charge in [-0.2, -0.15) is 0 Å². The number of rotatable bonds is 11. The van der Waals surface area contributed by atoms with Gasteiger partial charge < -0.3 is 0 Å². The molecule has 46 heavy (non-hydrogen) atoms. The Balaban J connectivity index is 1.56. The molecule has 2 aliphatic carbocycles. The van der Waals surface area contributed by atoms with Gasteiger partial charge in [-0.3, -0.25) is 0 Å². The third-order valence-electron chi connectivity index (χ3n) is 11.1. The van der Waals surface area contributed by atoms with E-state index in [0.717, 1.165) is 12.8 Å². The average molecular weight is 611 g/mol. The van der Waals surface area contributed by atoms with Crippen molar-refractivity contribution >= 4 is 0 Å². The van der Waals surface area contributed by atoms with Crippen LogP contribution in [0.15, 0.2) is 72.8 Å². The fraction of sp³-hybridized carbons (Fsp3) is 0.478. The van der Waals surface area contributed by atoms with Crippen molar-refractivity contribution in [2.75, 3.05) is 0 Å². The van der Waals surface area contributed by atoms with Crippen molar-refractivity contribution in [2.45, 2.75) is 142 Å². The predicted octanol–water partition coefficient (Wildman–Crippen LogP) is 13.5. The molecule has 0 saturated heterocycles. The van der Waals surface area contributed by atoms with E-state index in [-0.39, 0.29) is 10.8 Å². The third kappa shape index (κ3) is 6.14. The lowest BCUT2D eigenvalue weighted by molar-refractivity contribution is 0.438. The molecule has 0 N–H and O–H groups in total. The van der Waals surface area contributed by atoms with Crippen LogP contribution in [0.1, 0.15) is 163 Å². The van der Waals surface area contributed by atoms with Crippen molar-refractivity contribution in [1.82, 2.24) is 0 Å². The molecule has 0 aromatic heterocycles. The summed E-state index contributed by atoms with van der Waals surface area (Å²) in [5, 5.41) is 0. The molecule has 0 amide bonds. The van der Waals surface area contributed by atoms with Gasteiger partial charge in [0.15, 0.2) is 0 Å². The molecule has 4 aromatic carbocycles. The van der Waals surface area contributed by atoms with E-state index in [1.54, 1.807) is 33.4 Å². The largest absolute Gasteiger partial charge is 0.0654 e. The zero-order chi connectivity index (χ0) is 32.6. The summed E-state index contributed by atoms with van der Waals surface area (Å²) in [4.78, 5) is 0. The maximum atomic E-state index is 2.59. The van der Waals surface area contributed by atoms with Crippen LogP contribution in [0.5, 0.6) is 0 Å². The Kier molecular flexibility index (Phi) is 9.40. The fourth-order valence-electron chi connectivity index (χ4n) is 8.86. The summed E-state index contributed by atoms with van der Waals surface area (Å²) in [5.41, 5.74) is 18.8. The Morgan fingerprint density at radius 1 is 0.500 bits per heavy atom. The van der Waals surface area contributed by atoms with Gasteiger partial charge in [0, 0.05) is 0 Å². The van der Waals surface area contributed by atoms with Crippen molar-refractivity contribution in [3.8, 4) is 22.3 Å². The van der Waals surface area contributed by atoms with Crippen LogP contribution in [0.4, 0.5) is 0 Å². The standard InChI is InChI=1S/C46H58/c1-9-11-13-23-35(37-25-27-41(45(3,4)5)43-33-21-17-15-19-31(33)29-39(37)43)36(24-14-12-10-2)38-26-28-42(46(6,7)8)44-34-22-18-16-20-32(34)30-40(38)44/h15-22,25-28,35-36H,9-14,23-24,29-30H2,1-8H3. The van der Waals surface area contributed by atoms with Crippen LogP contribution in [0.25, 0.3) is 22.3 Å². The lowest BCUT2D eigenvalue weighted by Crippen LogP contribution is -2.19. The normalized spacial score (nSPS) is 14.9. The smallest absolute Gasteiger partial charge is 0.00105 e. The van der Waals surface area contributed by atoms with Gasteiger partial charge in [-0.25, -0.2) is 0 Å². The van der Waals surface area contributed by atoms with Crippen molar-refractivity contribution in [2.24, 2.45) is 0 Å². The van der Waals surface area contributed by atoms with Crippen molar-refractivity contribution in [3.05, 3.63) is 117 Å². The molecule has 0 heterocycles. The van der Waals surface area contributed by atoms with Crippen LogP contribution in [-0.2, 0) is 23.7 Å². The molecule has 0 fully saturated rings. The average Bonchev–Trinajstić information content (AvgIpc) is 3.60. The summed E-state index contributed by atoms with van der Waals surface area (Å²) in [7, 11) is 0. The number of unbranched alkanes of at least 4 members (excludes halogenated alkanes) is 4. The minimum atomic E-state index is 0.105. The Bertz CT molecular complexity index is 1560. The lowest BCUT2D eigenvalue weighted by Gasteiger charge is -2.34. The molecule has 0 spiro atoms. The molecule has 0 aliphatic heterocycles. The maximum absolute atomic E-state index is 2.59. The van der Waals surface area contributed by atoms with Gasteiger partial charge in [0.1, 0.15) is 0 Å². The van der Waals surface area contributed by atoms with E-state index in [2.05, 4.69) is 128 Å². The highest BCUT2D eigenvalue weighted by molar-refractivity contribution is 5.83. The molecule has 0 saturated carbocycles. The van der Waals surface area contributed by atoms with Gasteiger partial charge in [0.05, 0.1) is 0 Å². The van der Waals surface area contributed by atoms with Gasteiger partial charge in [-0.1, -0.05) is 167 Å². The second kappa shape index (κ2) is 13.2. The first-order valence-electron chi connectivity index (χ1n) is 18.5. The number of hydrogen-bond acceptors (Lipinski definition) is 0. The fourth-order valence-corrected chi connectivity index (χ4v) is 8.86. The van der Waals surface area contributed by atoms with E-state index in [1.165, 1.54) is 84.7 Å². The minimum Gasteiger partial charge on any atom is -0.0654 e. The lowest BCUT2D eigenvalue weighted by atomic mass is 9.70. The van der Waals surface area contributed by atoms with Gasteiger partial charge in [0.25, 0.3) is 0 Å². The quantitative estimate of drug-likeness (QED) is 0.128. The van der Waals surface area contributed by atoms with Crippen LogP contribution in [-0.4, -0.2) is 0 Å². The second-order valence-electron chi connectivity index (χ2n) is 16.5. The van der Waals surface area contributed by atoms with Crippen molar-refractivity contribution in [3.63, 3.8) is 0 Å². The van der Waals surface area contributed by atoms with Gasteiger partial charge in [-0.15, -0.1) is 0 Å². The van der Waals surface area contributed by atoms with Crippen LogP contribution in [0, 0.1) is 0 Å². The summed E-state index contributed by atoms with van der Waals surface area (Å²) in [5.74, 6) is 1.04. The first-order chi connectivity index (χ1) is 22.0. The zero-order valence-corrected chi connectivity index (χ0v) is 30.2. The molecule has 0 nitrogen and oxygen atoms in total. The molecule has 4 aromatic rings. The van der Waals surface area contributed by atoms with Crippen LogP contribution >= 0.6 is 0 Å². The molecule has 0 bridgehead atoms. The van der Waals surface area contributed by atoms with Crippen LogP contribution in [0.2, 0.25) is 0 Å². The summed E-state index contributed by atoms with van der Waals surface area (Å²) in [6.45, 7) is 19.1. The van der Waals surface area contributed by atoms with E-state index in [1.807, 2.05) is 0 Å². The molecule has 2 unspecified atom stereocenters. The molecule has 2 aliphatic rings. The van der Waals surface area contributed by atoms with Gasteiger partial charge in [0.2, 0.25) is 0 Å². The summed E-state index contributed by atoms with van der Waals surface area (Å²) >= 11 is 0. The highest BCUT2D eigenvalue weighted by Crippen LogP contribution is 2.53. The summed E-state index contributed by atoms with van der Waals surface area (Å²) < 4.78 is 0. The second-order valence-corrected chi connectivity index (χ2v) is 16.5. The van der Waals surface area contributed by atoms with E-state index in [9.17, 15) is 0 Å². The summed E-state index contributed by atoms with van der Waals surface area (Å²) in [6.07, 6.45) is 12.5. The number of benzene rings is 4. The first kappa shape index (κ1) is 32.8. The third-order valence-corrected chi connectivity index (χ3v) is 11.1. The van der Waals surface area contributed by atoms with Crippen LogP contribution in [0.3, 0.4) is 0 Å². The molecular formula is C46H58. The van der Waals surface area contributed by atoms with Crippen molar-refractivity contribution in [1.29, 1.82) is 0 Å². The van der Waals surface area contributed by atoms with E-state index in [4.69, 9.17) is 0 Å². The highest BCUT2D eigenvalue weighted by Gasteiger charge is 2.36. The Hall–Kier alpha value is -3.12. The highest BCUT2D eigenvalue weighted by atomic mass is 14.4. The molecule has 6 rings (SSSR count).